The maximum Gasteiger partial charge on any atom is 0.494 e. The summed E-state index contributed by atoms with van der Waals surface area (Å²) >= 11 is 35.4. The molecule has 4 fully saturated rings. The van der Waals surface area contributed by atoms with Crippen molar-refractivity contribution in [2.45, 2.75) is 163 Å². The van der Waals surface area contributed by atoms with Crippen molar-refractivity contribution in [1.82, 2.24) is 29.9 Å². The molecule has 12 aromatic carbocycles. The molecule has 4 aliphatic rings. The van der Waals surface area contributed by atoms with E-state index in [1.165, 1.54) is 121 Å². The van der Waals surface area contributed by atoms with Crippen molar-refractivity contribution in [3.8, 4) is 90.3 Å². The summed E-state index contributed by atoms with van der Waals surface area (Å²) in [5.74, 6) is -1.81. The zero-order valence-corrected chi connectivity index (χ0v) is 103. The van der Waals surface area contributed by atoms with E-state index in [-0.39, 0.29) is 113 Å². The fraction of sp³-hybridized carbons (Fsp3) is 0.234. The molecule has 0 spiro atoms. The van der Waals surface area contributed by atoms with Crippen LogP contribution < -0.4 is 10.9 Å². The molecule has 0 radical (unpaired) electrons. The first-order valence-electron chi connectivity index (χ1n) is 44.6. The van der Waals surface area contributed by atoms with Gasteiger partial charge >= 0.3 is 156 Å². The number of halogens is 20. The fourth-order valence-electron chi connectivity index (χ4n) is 13.8. The second-order valence-corrected chi connectivity index (χ2v) is 136. The molecule has 4 saturated heterocycles. The van der Waals surface area contributed by atoms with Crippen LogP contribution in [-0.2, 0) is 37.2 Å². The fourth-order valence-corrected chi connectivity index (χ4v) is 14.6. The Bertz CT molecular complexity index is 6970. The summed E-state index contributed by atoms with van der Waals surface area (Å²) in [6.45, 7) is 59.3. The van der Waals surface area contributed by atoms with Gasteiger partial charge in [-0.2, -0.15) is 9.97 Å². The summed E-state index contributed by atoms with van der Waals surface area (Å²) < 4.78 is 159. The quantitative estimate of drug-likeness (QED) is 0.0519. The van der Waals surface area contributed by atoms with E-state index in [0.29, 0.717) is 65.8 Å². The minimum Gasteiger partial charge on any atom is -0.399 e. The van der Waals surface area contributed by atoms with E-state index in [4.69, 9.17) is 98.3 Å². The first-order valence-corrected chi connectivity index (χ1v) is 84.2. The van der Waals surface area contributed by atoms with Crippen molar-refractivity contribution in [2.75, 3.05) is 0 Å². The zero-order chi connectivity index (χ0) is 109. The van der Waals surface area contributed by atoms with E-state index in [9.17, 15) is 35.1 Å². The average Bonchev–Trinajstić information content (AvgIpc) is 1.60. The molecule has 0 aliphatic carbocycles. The van der Waals surface area contributed by atoms with Gasteiger partial charge in [-0.3, -0.25) is 0 Å². The number of aromatic nitrogens is 6. The standard InChI is InChI=1S/C28H16F2N4.C19H18BF2NO2.C15H10ClN3.C13H6ClF2N.C12H24B2O4.C12H15BClFO2.C7H3BrFN.CH4.2I4/c1-31-21-13-15-25(30)23(17-21)22-16-20(12-14-24(22)29)28-33-26(18-8-4-2-5-9-18)32-27(34-28)19-10-6-3-7-11-19;1-18(2)19(3,4)25-20(24-18)12-6-8-16(21)14(10-12)15-11-13(23-5)7-9-17(15)22;16-15-18-13(11-7-3-1-4-8-11)17-14(19-15)12-9-5-2-6-10-12;1-17-9-3-5-13(16)11(7-9)10-6-8(14)2-4-12(10)15;1-9(2)10(3,4)16-13(15-9)14-17-11(5,6)12(7,8)18-14;1-11(2)12(3,4)17-13(16-11)9-7-8(14)5-6-10(9)15;1-10-5-2-3-7(9)6(8)4-5;;2*1-4(2)3/h2-17H;6-11H,1-4H3;1-10H;2-7H;1-8H3;5-7H,1-4H3;2-4H;1H4;;. The Balaban J connectivity index is 0.000000195. The molecule has 18 rings (SSSR count). The number of benzene rings is 12. The summed E-state index contributed by atoms with van der Waals surface area (Å²) in [5, 5.41) is 0.984. The third kappa shape index (κ3) is 34.6. The Kier molecular flexibility index (Phi) is 47.0. The van der Waals surface area contributed by atoms with E-state index in [2.05, 4.69) is 177 Å². The van der Waals surface area contributed by atoms with Gasteiger partial charge in [0.15, 0.2) is 51.9 Å². The number of nitrogens with zero attached hydrogens (tertiary/aromatic N) is 10. The van der Waals surface area contributed by atoms with Crippen LogP contribution >= 0.6 is 178 Å². The normalized spacial score (nSPS) is 15.5. The molecular weight excluding hydrogens is 2950 g/mol. The topological polar surface area (TPSA) is 169 Å². The second-order valence-electron chi connectivity index (χ2n) is 36.5. The smallest absolute Gasteiger partial charge is 0.399 e. The van der Waals surface area contributed by atoms with Gasteiger partial charge in [-0.15, -0.1) is 0 Å². The first-order chi connectivity index (χ1) is 69.5. The predicted molar refractivity (Wildman–Crippen MR) is 659 cm³/mol. The van der Waals surface area contributed by atoms with Crippen LogP contribution in [0.1, 0.15) is 118 Å². The van der Waals surface area contributed by atoms with Crippen LogP contribution in [-0.4, -0.2) is 103 Å². The van der Waals surface area contributed by atoms with Crippen molar-refractivity contribution in [3.63, 3.8) is 0 Å². The van der Waals surface area contributed by atoms with E-state index >= 15 is 0 Å². The minimum absolute atomic E-state index is 0. The van der Waals surface area contributed by atoms with Gasteiger partial charge in [0.05, 0.1) is 71.1 Å². The largest absolute Gasteiger partial charge is 0.494 e. The van der Waals surface area contributed by atoms with E-state index in [1.807, 2.05) is 232 Å². The predicted octanol–water partition coefficient (Wildman–Crippen LogP) is 36.4. The molecule has 2 aromatic heterocycles. The van der Waals surface area contributed by atoms with Crippen LogP contribution in [0.2, 0.25) is 15.3 Å². The van der Waals surface area contributed by atoms with E-state index in [1.54, 1.807) is 18.2 Å². The Morgan fingerprint density at radius 3 is 0.839 bits per heavy atom. The molecule has 0 N–H and O–H groups in total. The SMILES string of the molecule is C.CC1(C)OB(B2OC(C)(C)C(C)(C)O2)OC1(C)C.CC1(C)OB(c2cc(Cl)ccc2F)OC1(C)C.Clc1nc(-c2ccccc2)nc(-c2ccccc2)n1.II(I)I.II(I)I.[C-]#[N+]c1ccc(F)c(-c2cc(-c3nc(-c4ccccc4)nc(-c4ccccc4)n3)ccc2F)c1.[C-]#[N+]c1ccc(F)c(-c2cc(B3OC(C)(C)C(C)(C)O3)ccc2F)c1.[C-]#[N+]c1ccc(F)c(-c2cc(Cl)ccc2F)c1.[C-]#[N+]c1ccc(F)c(Br)c1. The Labute approximate surface area is 962 Å². The first kappa shape index (κ1) is 126. The summed E-state index contributed by atoms with van der Waals surface area (Å²) in [6.07, 6.45) is 0. The molecule has 18 nitrogen and oxygen atoms in total. The molecule has 42 heteroatoms. The summed E-state index contributed by atoms with van der Waals surface area (Å²) in [5.41, 5.74) is 2.86. The summed E-state index contributed by atoms with van der Waals surface area (Å²) in [7, 11) is -3.04. The molecule has 774 valence electrons. The molecule has 14 aromatic rings. The van der Waals surface area contributed by atoms with Gasteiger partial charge in [-0.05, 0) is 253 Å². The maximum absolute atomic E-state index is 14.8. The third-order valence-corrected chi connectivity index (χ3v) is 25.7. The van der Waals surface area contributed by atoms with Crippen molar-refractivity contribution < 1.29 is 72.4 Å². The van der Waals surface area contributed by atoms with Gasteiger partial charge in [0.1, 0.15) is 46.5 Å². The Hall–Kier alpha value is -6.81. The molecule has 4 aliphatic heterocycles. The molecular formula is C107H96B4BrCl3F8I8N10O8. The number of hydrogen-bond acceptors (Lipinski definition) is 14. The molecule has 0 unspecified atom stereocenters. The van der Waals surface area contributed by atoms with Gasteiger partial charge in [0.2, 0.25) is 5.28 Å². The van der Waals surface area contributed by atoms with Crippen LogP contribution in [0.15, 0.2) is 271 Å². The molecule has 0 bridgehead atoms. The zero-order valence-electron chi connectivity index (χ0n) is 82.0. The Morgan fingerprint density at radius 1 is 0.275 bits per heavy atom. The average molecular weight is 3050 g/mol. The van der Waals surface area contributed by atoms with Crippen LogP contribution in [0.25, 0.3) is 110 Å². The van der Waals surface area contributed by atoms with Crippen LogP contribution in [0.5, 0.6) is 0 Å². The second kappa shape index (κ2) is 55.7. The number of rotatable bonds is 11. The van der Waals surface area contributed by atoms with E-state index < -0.39 is 85.6 Å². The van der Waals surface area contributed by atoms with Gasteiger partial charge in [0, 0.05) is 81.2 Å². The van der Waals surface area contributed by atoms with Gasteiger partial charge < -0.3 is 37.2 Å². The molecule has 6 heterocycles. The molecule has 0 saturated carbocycles. The third-order valence-electron chi connectivity index (χ3n) is 24.4. The Morgan fingerprint density at radius 2 is 0.517 bits per heavy atom. The molecule has 0 atom stereocenters. The number of hydrogen-bond donors (Lipinski definition) is 0. The van der Waals surface area contributed by atoms with Crippen molar-refractivity contribution in [1.29, 1.82) is 0 Å². The molecule has 149 heavy (non-hydrogen) atoms. The monoisotopic (exact) mass is 3040 g/mol. The van der Waals surface area contributed by atoms with Crippen LogP contribution in [0.3, 0.4) is 0 Å². The van der Waals surface area contributed by atoms with Crippen LogP contribution in [0.4, 0.5) is 57.9 Å². The van der Waals surface area contributed by atoms with Crippen LogP contribution in [0, 0.1) is 72.8 Å². The van der Waals surface area contributed by atoms with Crippen molar-refractivity contribution >= 4 is 240 Å². The maximum atomic E-state index is 14.8. The van der Waals surface area contributed by atoms with E-state index in [0.717, 1.165) is 28.3 Å². The summed E-state index contributed by atoms with van der Waals surface area (Å²) in [6, 6.07) is 71.0. The summed E-state index contributed by atoms with van der Waals surface area (Å²) in [4.78, 5) is 39.6. The minimum atomic E-state index is -0.710. The van der Waals surface area contributed by atoms with Gasteiger partial charge in [0.25, 0.3) is 0 Å². The van der Waals surface area contributed by atoms with Gasteiger partial charge in [-0.25, -0.2) is 74.4 Å². The van der Waals surface area contributed by atoms with Gasteiger partial charge in [-0.1, -0.05) is 188 Å². The molecule has 0 amide bonds. The van der Waals surface area contributed by atoms with Crippen molar-refractivity contribution in [3.05, 3.63) is 379 Å². The van der Waals surface area contributed by atoms with Crippen molar-refractivity contribution in [2.24, 2.45) is 0 Å².